The summed E-state index contributed by atoms with van der Waals surface area (Å²) in [5.74, 6) is 0. The van der Waals surface area contributed by atoms with Crippen LogP contribution in [-0.4, -0.2) is 4.98 Å². The Morgan fingerprint density at radius 1 is 0.735 bits per heavy atom. The molecule has 0 aliphatic heterocycles. The maximum absolute atomic E-state index is 4.92. The van der Waals surface area contributed by atoms with Gasteiger partial charge < -0.3 is 0 Å². The van der Waals surface area contributed by atoms with Crippen molar-refractivity contribution in [3.8, 4) is 21.7 Å². The molecule has 0 saturated heterocycles. The van der Waals surface area contributed by atoms with E-state index in [1.807, 2.05) is 28.9 Å². The number of hydrogen-bond acceptors (Lipinski definition) is 3. The fourth-order valence-electron chi connectivity index (χ4n) is 5.01. The van der Waals surface area contributed by atoms with Gasteiger partial charge in [-0.3, -0.25) is 4.98 Å². The number of fused-ring (bicyclic) bond motifs is 3. The summed E-state index contributed by atoms with van der Waals surface area (Å²) in [6.45, 7) is 11.3. The van der Waals surface area contributed by atoms with Gasteiger partial charge in [-0.2, -0.15) is 0 Å². The fourth-order valence-corrected chi connectivity index (χ4v) is 7.23. The zero-order valence-electron chi connectivity index (χ0n) is 20.2. The number of benzene rings is 3. The molecule has 3 aromatic heterocycles. The van der Waals surface area contributed by atoms with Crippen molar-refractivity contribution in [2.45, 2.75) is 40.0 Å². The maximum atomic E-state index is 4.92. The average molecular weight is 478 g/mol. The van der Waals surface area contributed by atoms with Gasteiger partial charge in [0, 0.05) is 26.2 Å². The maximum Gasteiger partial charge on any atom is 0.0880 e. The molecular formula is C31H27NS2. The molecule has 0 bridgehead atoms. The Labute approximate surface area is 208 Å². The second-order valence-electron chi connectivity index (χ2n) is 10.2. The predicted molar refractivity (Wildman–Crippen MR) is 152 cm³/mol. The van der Waals surface area contributed by atoms with E-state index in [0.717, 1.165) is 5.69 Å². The quantitative estimate of drug-likeness (QED) is 0.242. The first-order valence-electron chi connectivity index (χ1n) is 11.7. The van der Waals surface area contributed by atoms with E-state index in [1.165, 1.54) is 63.0 Å². The van der Waals surface area contributed by atoms with Gasteiger partial charge >= 0.3 is 0 Å². The zero-order chi connectivity index (χ0) is 23.6. The molecule has 0 atom stereocenters. The van der Waals surface area contributed by atoms with Crippen LogP contribution in [0.5, 0.6) is 0 Å². The van der Waals surface area contributed by atoms with Crippen LogP contribution in [0.25, 0.3) is 52.6 Å². The molecule has 0 aliphatic rings. The Hall–Kier alpha value is -3.01. The molecule has 3 aromatic carbocycles. The summed E-state index contributed by atoms with van der Waals surface area (Å²) in [4.78, 5) is 7.62. The molecule has 6 rings (SSSR count). The van der Waals surface area contributed by atoms with Gasteiger partial charge in [0.1, 0.15) is 0 Å². The summed E-state index contributed by atoms with van der Waals surface area (Å²) < 4.78 is 2.62. The summed E-state index contributed by atoms with van der Waals surface area (Å²) in [5.41, 5.74) is 6.34. The lowest BCUT2D eigenvalue weighted by atomic mass is 9.82. The van der Waals surface area contributed by atoms with Crippen molar-refractivity contribution in [3.63, 3.8) is 0 Å². The van der Waals surface area contributed by atoms with Gasteiger partial charge in [-0.15, -0.1) is 22.7 Å². The molecule has 168 valence electrons. The average Bonchev–Trinajstić information content (AvgIpc) is 3.36. The highest BCUT2D eigenvalue weighted by atomic mass is 32.1. The van der Waals surface area contributed by atoms with Crippen molar-refractivity contribution in [2.24, 2.45) is 0 Å². The number of nitrogens with zero attached hydrogens (tertiary/aromatic N) is 1. The zero-order valence-corrected chi connectivity index (χ0v) is 21.8. The summed E-state index contributed by atoms with van der Waals surface area (Å²) in [7, 11) is 0. The SMILES string of the molecule is Cc1cc2cc(-c3sc4c(-c5cc(C(C)(C)C)c6ccccc6c5)nccc4c3C)ccc2s1. The summed E-state index contributed by atoms with van der Waals surface area (Å²) >= 11 is 3.74. The third kappa shape index (κ3) is 3.46. The topological polar surface area (TPSA) is 12.9 Å². The number of aromatic nitrogens is 1. The minimum Gasteiger partial charge on any atom is -0.255 e. The minimum absolute atomic E-state index is 0.0497. The van der Waals surface area contributed by atoms with Crippen LogP contribution in [-0.2, 0) is 5.41 Å². The molecule has 34 heavy (non-hydrogen) atoms. The number of thiophene rings is 2. The van der Waals surface area contributed by atoms with Crippen LogP contribution >= 0.6 is 22.7 Å². The molecule has 0 unspecified atom stereocenters. The van der Waals surface area contributed by atoms with Gasteiger partial charge in [-0.05, 0) is 93.9 Å². The van der Waals surface area contributed by atoms with Crippen LogP contribution in [0.2, 0.25) is 0 Å². The van der Waals surface area contributed by atoms with E-state index in [1.54, 1.807) is 0 Å². The third-order valence-corrected chi connectivity index (χ3v) is 9.09. The second-order valence-corrected chi connectivity index (χ2v) is 12.5. The minimum atomic E-state index is 0.0497. The molecule has 0 saturated carbocycles. The molecule has 6 aromatic rings. The molecular weight excluding hydrogens is 450 g/mol. The smallest absolute Gasteiger partial charge is 0.0880 e. The van der Waals surface area contributed by atoms with Crippen LogP contribution in [0.1, 0.15) is 36.8 Å². The Bertz CT molecular complexity index is 1710. The number of aryl methyl sites for hydroxylation is 2. The molecule has 0 radical (unpaired) electrons. The first kappa shape index (κ1) is 21.5. The standard InChI is InChI=1S/C31H27NS2/c1-18-14-22-16-21(10-11-27(22)33-18)29-19(2)24-12-13-32-28(30(24)34-29)23-15-20-8-6-7-9-25(20)26(17-23)31(3,4)5/h6-17H,1-5H3. The van der Waals surface area contributed by atoms with Crippen molar-refractivity contribution in [2.75, 3.05) is 0 Å². The predicted octanol–water partition coefficient (Wildman–Crippen LogP) is 9.91. The highest BCUT2D eigenvalue weighted by Crippen LogP contribution is 2.44. The van der Waals surface area contributed by atoms with E-state index in [2.05, 4.69) is 101 Å². The molecule has 0 fully saturated rings. The van der Waals surface area contributed by atoms with Crippen LogP contribution < -0.4 is 0 Å². The first-order valence-corrected chi connectivity index (χ1v) is 13.4. The summed E-state index contributed by atoms with van der Waals surface area (Å²) in [5, 5.41) is 5.24. The third-order valence-electron chi connectivity index (χ3n) is 6.70. The van der Waals surface area contributed by atoms with Crippen molar-refractivity contribution >= 4 is 53.6 Å². The molecule has 3 heterocycles. The Morgan fingerprint density at radius 2 is 1.53 bits per heavy atom. The second kappa shape index (κ2) is 7.76. The molecule has 0 N–H and O–H groups in total. The highest BCUT2D eigenvalue weighted by Gasteiger charge is 2.21. The van der Waals surface area contributed by atoms with Gasteiger partial charge in [-0.1, -0.05) is 51.1 Å². The van der Waals surface area contributed by atoms with Crippen LogP contribution in [0.15, 0.2) is 72.9 Å². The van der Waals surface area contributed by atoms with Gasteiger partial charge in [0.15, 0.2) is 0 Å². The van der Waals surface area contributed by atoms with Crippen molar-refractivity contribution in [1.29, 1.82) is 0 Å². The number of rotatable bonds is 2. The molecule has 3 heteroatoms. The fraction of sp³-hybridized carbons (Fsp3) is 0.194. The number of pyridine rings is 1. The molecule has 0 amide bonds. The van der Waals surface area contributed by atoms with Gasteiger partial charge in [-0.25, -0.2) is 0 Å². The summed E-state index contributed by atoms with van der Waals surface area (Å²) in [6, 6.07) is 24.7. The van der Waals surface area contributed by atoms with E-state index >= 15 is 0 Å². The van der Waals surface area contributed by atoms with Crippen LogP contribution in [0, 0.1) is 13.8 Å². The van der Waals surface area contributed by atoms with E-state index in [0.29, 0.717) is 0 Å². The Kier molecular flexibility index (Phi) is 4.91. The normalized spacial score (nSPS) is 12.3. The monoisotopic (exact) mass is 477 g/mol. The lowest BCUT2D eigenvalue weighted by molar-refractivity contribution is 0.596. The van der Waals surface area contributed by atoms with Crippen molar-refractivity contribution < 1.29 is 0 Å². The lowest BCUT2D eigenvalue weighted by Crippen LogP contribution is -2.12. The largest absolute Gasteiger partial charge is 0.255 e. The van der Waals surface area contributed by atoms with Crippen LogP contribution in [0.4, 0.5) is 0 Å². The Morgan fingerprint density at radius 3 is 2.35 bits per heavy atom. The molecule has 0 spiro atoms. The molecule has 1 nitrogen and oxygen atoms in total. The van der Waals surface area contributed by atoms with E-state index in [-0.39, 0.29) is 5.41 Å². The molecule has 0 aliphatic carbocycles. The summed E-state index contributed by atoms with van der Waals surface area (Å²) in [6.07, 6.45) is 1.97. The van der Waals surface area contributed by atoms with Gasteiger partial charge in [0.2, 0.25) is 0 Å². The van der Waals surface area contributed by atoms with E-state index in [9.17, 15) is 0 Å². The Balaban J connectivity index is 1.58. The lowest BCUT2D eigenvalue weighted by Gasteiger charge is -2.22. The number of hydrogen-bond donors (Lipinski definition) is 0. The van der Waals surface area contributed by atoms with Gasteiger partial charge in [0.25, 0.3) is 0 Å². The highest BCUT2D eigenvalue weighted by molar-refractivity contribution is 7.23. The van der Waals surface area contributed by atoms with Crippen molar-refractivity contribution in [3.05, 3.63) is 88.9 Å². The van der Waals surface area contributed by atoms with E-state index < -0.39 is 0 Å². The first-order chi connectivity index (χ1) is 16.3. The van der Waals surface area contributed by atoms with Gasteiger partial charge in [0.05, 0.1) is 10.4 Å². The van der Waals surface area contributed by atoms with Crippen LogP contribution in [0.3, 0.4) is 0 Å². The van der Waals surface area contributed by atoms with E-state index in [4.69, 9.17) is 4.98 Å². The van der Waals surface area contributed by atoms with Crippen molar-refractivity contribution in [1.82, 2.24) is 4.98 Å².